The summed E-state index contributed by atoms with van der Waals surface area (Å²) in [4.78, 5) is 24.0. The van der Waals surface area contributed by atoms with Gasteiger partial charge in [-0.3, -0.25) is 14.9 Å². The largest absolute Gasteiger partial charge is 0.341 e. The summed E-state index contributed by atoms with van der Waals surface area (Å²) in [5, 5.41) is 7.53. The van der Waals surface area contributed by atoms with Gasteiger partial charge in [0.15, 0.2) is 5.82 Å². The first-order valence-corrected chi connectivity index (χ1v) is 9.63. The zero-order valence-electron chi connectivity index (χ0n) is 15.8. The maximum atomic E-state index is 12.9. The van der Waals surface area contributed by atoms with Crippen LogP contribution in [0.3, 0.4) is 0 Å². The van der Waals surface area contributed by atoms with Crippen molar-refractivity contribution in [3.05, 3.63) is 41.2 Å². The van der Waals surface area contributed by atoms with Gasteiger partial charge in [0.05, 0.1) is 6.42 Å². The number of aromatic nitrogens is 4. The fourth-order valence-electron chi connectivity index (χ4n) is 4.02. The molecule has 4 rings (SSSR count). The maximum Gasteiger partial charge on any atom is 0.227 e. The second-order valence-corrected chi connectivity index (χ2v) is 8.06. The molecule has 3 heterocycles. The van der Waals surface area contributed by atoms with Crippen molar-refractivity contribution in [1.29, 1.82) is 0 Å². The Bertz CT molecular complexity index is 795. The Morgan fingerprint density at radius 2 is 2.15 bits per heavy atom. The van der Waals surface area contributed by atoms with Gasteiger partial charge in [-0.05, 0) is 43.2 Å². The lowest BCUT2D eigenvalue weighted by Crippen LogP contribution is -2.30. The normalized spacial score (nSPS) is 23.0. The minimum atomic E-state index is 0.192. The number of rotatable bonds is 5. The van der Waals surface area contributed by atoms with Gasteiger partial charge in [-0.15, -0.1) is 0 Å². The second kappa shape index (κ2) is 6.82. The number of nitrogens with zero attached hydrogens (tertiary/aromatic N) is 4. The van der Waals surface area contributed by atoms with Crippen LogP contribution in [0, 0.1) is 18.8 Å². The number of nitrogens with one attached hydrogen (secondary N) is 1. The molecular formula is C20H27N5O. The van der Waals surface area contributed by atoms with E-state index in [-0.39, 0.29) is 11.8 Å². The summed E-state index contributed by atoms with van der Waals surface area (Å²) in [5.41, 5.74) is 1.96. The molecule has 2 aromatic rings. The molecule has 0 radical (unpaired) electrons. The molecule has 2 aromatic heterocycles. The van der Waals surface area contributed by atoms with Gasteiger partial charge >= 0.3 is 0 Å². The highest BCUT2D eigenvalue weighted by Gasteiger charge is 2.45. The highest BCUT2D eigenvalue weighted by atomic mass is 16.2. The van der Waals surface area contributed by atoms with Crippen LogP contribution in [0.5, 0.6) is 0 Å². The molecule has 0 unspecified atom stereocenters. The van der Waals surface area contributed by atoms with E-state index in [9.17, 15) is 4.79 Å². The van der Waals surface area contributed by atoms with E-state index in [1.165, 1.54) is 12.8 Å². The van der Waals surface area contributed by atoms with Crippen molar-refractivity contribution >= 4 is 5.91 Å². The van der Waals surface area contributed by atoms with Gasteiger partial charge in [0.2, 0.25) is 5.91 Å². The topological polar surface area (TPSA) is 74.8 Å². The summed E-state index contributed by atoms with van der Waals surface area (Å²) in [6.45, 7) is 7.75. The Morgan fingerprint density at radius 1 is 1.35 bits per heavy atom. The van der Waals surface area contributed by atoms with Gasteiger partial charge in [-0.25, -0.2) is 4.98 Å². The molecule has 2 fully saturated rings. The standard InChI is InChI=1S/C20H27N5O/c1-12(2)19-22-20(24-23-19)17-11-25(10-16(17)14-6-7-14)18(26)9-15-5-4-8-21-13(15)3/h4-5,8,12,14,16-17H,6-7,9-11H2,1-3H3,(H,22,23,24)/t16-,17+/m1/s1. The van der Waals surface area contributed by atoms with E-state index in [2.05, 4.69) is 29.0 Å². The Balaban J connectivity index is 1.50. The summed E-state index contributed by atoms with van der Waals surface area (Å²) >= 11 is 0. The molecule has 1 aliphatic heterocycles. The fraction of sp³-hybridized carbons (Fsp3) is 0.600. The van der Waals surface area contributed by atoms with Gasteiger partial charge in [0, 0.05) is 36.8 Å². The third-order valence-corrected chi connectivity index (χ3v) is 5.79. The molecule has 6 heteroatoms. The van der Waals surface area contributed by atoms with E-state index in [0.717, 1.165) is 41.9 Å². The lowest BCUT2D eigenvalue weighted by atomic mass is 9.91. The smallest absolute Gasteiger partial charge is 0.227 e. The average molecular weight is 353 g/mol. The van der Waals surface area contributed by atoms with Gasteiger partial charge in [-0.2, -0.15) is 5.10 Å². The van der Waals surface area contributed by atoms with Crippen molar-refractivity contribution in [2.24, 2.45) is 11.8 Å². The van der Waals surface area contributed by atoms with Crippen molar-refractivity contribution < 1.29 is 4.79 Å². The molecule has 1 aliphatic carbocycles. The number of hydrogen-bond acceptors (Lipinski definition) is 4. The molecule has 26 heavy (non-hydrogen) atoms. The van der Waals surface area contributed by atoms with Crippen LogP contribution in [0.2, 0.25) is 0 Å². The second-order valence-electron chi connectivity index (χ2n) is 8.06. The molecule has 2 aliphatic rings. The zero-order valence-corrected chi connectivity index (χ0v) is 15.8. The Hall–Kier alpha value is -2.24. The van der Waals surface area contributed by atoms with Crippen LogP contribution in [0.4, 0.5) is 0 Å². The molecular weight excluding hydrogens is 326 g/mol. The predicted molar refractivity (Wildman–Crippen MR) is 98.7 cm³/mol. The first kappa shape index (κ1) is 17.2. The average Bonchev–Trinajstić information content (AvgIpc) is 3.17. The van der Waals surface area contributed by atoms with Crippen LogP contribution in [-0.2, 0) is 11.2 Å². The van der Waals surface area contributed by atoms with Crippen LogP contribution < -0.4 is 0 Å². The number of pyridine rings is 1. The fourth-order valence-corrected chi connectivity index (χ4v) is 4.02. The SMILES string of the molecule is Cc1ncccc1CC(=O)N1C[C@H](c2nc(C(C)C)n[nH]2)[C@@H](C2CC2)C1. The molecule has 0 spiro atoms. The van der Waals surface area contributed by atoms with E-state index in [4.69, 9.17) is 4.98 Å². The van der Waals surface area contributed by atoms with Crippen molar-refractivity contribution in [1.82, 2.24) is 25.1 Å². The molecule has 1 saturated carbocycles. The minimum Gasteiger partial charge on any atom is -0.341 e. The lowest BCUT2D eigenvalue weighted by molar-refractivity contribution is -0.129. The highest BCUT2D eigenvalue weighted by Crippen LogP contribution is 2.47. The number of H-pyrrole nitrogens is 1. The number of hydrogen-bond donors (Lipinski definition) is 1. The summed E-state index contributed by atoms with van der Waals surface area (Å²) in [7, 11) is 0. The summed E-state index contributed by atoms with van der Waals surface area (Å²) in [5.74, 6) is 3.84. The van der Waals surface area contributed by atoms with Crippen LogP contribution in [-0.4, -0.2) is 44.1 Å². The summed E-state index contributed by atoms with van der Waals surface area (Å²) < 4.78 is 0. The van der Waals surface area contributed by atoms with Crippen LogP contribution in [0.15, 0.2) is 18.3 Å². The minimum absolute atomic E-state index is 0.192. The van der Waals surface area contributed by atoms with E-state index >= 15 is 0 Å². The van der Waals surface area contributed by atoms with Gasteiger partial charge in [-0.1, -0.05) is 19.9 Å². The molecule has 2 atom stereocenters. The quantitative estimate of drug-likeness (QED) is 0.897. The van der Waals surface area contributed by atoms with Gasteiger partial charge < -0.3 is 4.90 Å². The number of carbonyl (C=O) groups excluding carboxylic acids is 1. The predicted octanol–water partition coefficient (Wildman–Crippen LogP) is 2.83. The van der Waals surface area contributed by atoms with Crippen LogP contribution in [0.1, 0.15) is 61.4 Å². The third-order valence-electron chi connectivity index (χ3n) is 5.79. The number of carbonyl (C=O) groups is 1. The lowest BCUT2D eigenvalue weighted by Gasteiger charge is -2.16. The van der Waals surface area contributed by atoms with Crippen molar-refractivity contribution in [3.8, 4) is 0 Å². The van der Waals surface area contributed by atoms with Gasteiger partial charge in [0.25, 0.3) is 0 Å². The van der Waals surface area contributed by atoms with Crippen LogP contribution >= 0.6 is 0 Å². The number of amides is 1. The molecule has 0 bridgehead atoms. The maximum absolute atomic E-state index is 12.9. The molecule has 0 aromatic carbocycles. The Kier molecular flexibility index (Phi) is 4.51. The molecule has 6 nitrogen and oxygen atoms in total. The first-order chi connectivity index (χ1) is 12.5. The summed E-state index contributed by atoms with van der Waals surface area (Å²) in [6.07, 6.45) is 4.75. The van der Waals surface area contributed by atoms with E-state index < -0.39 is 0 Å². The molecule has 1 saturated heterocycles. The third kappa shape index (κ3) is 3.37. The number of likely N-dealkylation sites (tertiary alicyclic amines) is 1. The molecule has 138 valence electrons. The molecule has 1 amide bonds. The van der Waals surface area contributed by atoms with Gasteiger partial charge in [0.1, 0.15) is 5.82 Å². The summed E-state index contributed by atoms with van der Waals surface area (Å²) in [6, 6.07) is 3.90. The van der Waals surface area contributed by atoms with E-state index in [1.807, 2.05) is 24.0 Å². The monoisotopic (exact) mass is 353 g/mol. The van der Waals surface area contributed by atoms with E-state index in [1.54, 1.807) is 6.20 Å². The Morgan fingerprint density at radius 3 is 2.81 bits per heavy atom. The van der Waals surface area contributed by atoms with Crippen molar-refractivity contribution in [2.45, 2.75) is 51.9 Å². The van der Waals surface area contributed by atoms with Crippen molar-refractivity contribution in [2.75, 3.05) is 13.1 Å². The molecule has 1 N–H and O–H groups in total. The van der Waals surface area contributed by atoms with Crippen molar-refractivity contribution in [3.63, 3.8) is 0 Å². The number of aryl methyl sites for hydroxylation is 1. The van der Waals surface area contributed by atoms with Crippen LogP contribution in [0.25, 0.3) is 0 Å². The first-order valence-electron chi connectivity index (χ1n) is 9.63. The van der Waals surface area contributed by atoms with E-state index in [0.29, 0.717) is 18.3 Å². The highest BCUT2D eigenvalue weighted by molar-refractivity contribution is 5.79. The zero-order chi connectivity index (χ0) is 18.3. The number of aromatic amines is 1. The Labute approximate surface area is 154 Å².